The van der Waals surface area contributed by atoms with Crippen LogP contribution in [-0.2, 0) is 0 Å². The van der Waals surface area contributed by atoms with E-state index in [2.05, 4.69) is 4.98 Å². The molecule has 0 aliphatic heterocycles. The lowest BCUT2D eigenvalue weighted by Gasteiger charge is -2.19. The van der Waals surface area contributed by atoms with E-state index in [1.807, 2.05) is 13.8 Å². The molecule has 6 nitrogen and oxygen atoms in total. The summed E-state index contributed by atoms with van der Waals surface area (Å²) in [5, 5.41) is 22.3. The van der Waals surface area contributed by atoms with Gasteiger partial charge in [-0.25, -0.2) is 4.98 Å². The fourth-order valence-electron chi connectivity index (χ4n) is 3.48. The Labute approximate surface area is 178 Å². The van der Waals surface area contributed by atoms with Crippen molar-refractivity contribution in [3.8, 4) is 11.4 Å². The highest BCUT2D eigenvalue weighted by atomic mass is 35.5. The van der Waals surface area contributed by atoms with Gasteiger partial charge in [0, 0.05) is 28.9 Å². The summed E-state index contributed by atoms with van der Waals surface area (Å²) in [5.74, 6) is 0.285. The van der Waals surface area contributed by atoms with E-state index in [9.17, 15) is 15.0 Å². The summed E-state index contributed by atoms with van der Waals surface area (Å²) < 4.78 is 1.54. The molecular weight excluding hydrogens is 402 g/mol. The number of phenols is 1. The van der Waals surface area contributed by atoms with Gasteiger partial charge in [0.15, 0.2) is 0 Å². The Morgan fingerprint density at radius 3 is 2.43 bits per heavy atom. The minimum atomic E-state index is -1.18. The molecule has 0 saturated heterocycles. The van der Waals surface area contributed by atoms with Gasteiger partial charge in [-0.15, -0.1) is 0 Å². The highest BCUT2D eigenvalue weighted by Crippen LogP contribution is 2.34. The Kier molecular flexibility index (Phi) is 5.28. The van der Waals surface area contributed by atoms with E-state index in [1.165, 1.54) is 18.3 Å². The van der Waals surface area contributed by atoms with Crippen LogP contribution in [-0.4, -0.2) is 24.7 Å². The van der Waals surface area contributed by atoms with Gasteiger partial charge in [0.2, 0.25) is 0 Å². The summed E-state index contributed by atoms with van der Waals surface area (Å²) in [6, 6.07) is 13.3. The Morgan fingerprint density at radius 1 is 1.07 bits per heavy atom. The van der Waals surface area contributed by atoms with Crippen molar-refractivity contribution in [2.45, 2.75) is 25.9 Å². The molecule has 1 unspecified atom stereocenters. The van der Waals surface area contributed by atoms with Crippen LogP contribution in [0.2, 0.25) is 5.02 Å². The number of nitrogens with zero attached hydrogens (tertiary/aromatic N) is 3. The molecule has 2 aromatic heterocycles. The van der Waals surface area contributed by atoms with E-state index in [4.69, 9.17) is 16.6 Å². The van der Waals surface area contributed by atoms with Gasteiger partial charge in [-0.05, 0) is 42.5 Å². The molecule has 0 bridgehead atoms. The Morgan fingerprint density at radius 2 is 1.80 bits per heavy atom. The fraction of sp³-hybridized carbons (Fsp3) is 0.174. The maximum Gasteiger partial charge on any atom is 0.265 e. The number of aliphatic hydroxyl groups is 1. The molecule has 2 heterocycles. The zero-order valence-electron chi connectivity index (χ0n) is 16.5. The number of aliphatic hydroxyl groups excluding tert-OH is 1. The maximum atomic E-state index is 13.5. The van der Waals surface area contributed by atoms with Crippen LogP contribution >= 0.6 is 11.6 Å². The van der Waals surface area contributed by atoms with Gasteiger partial charge >= 0.3 is 0 Å². The maximum absolute atomic E-state index is 13.5. The second kappa shape index (κ2) is 7.89. The molecule has 0 spiro atoms. The molecule has 2 N–H and O–H groups in total. The number of aromatic nitrogens is 3. The topological polar surface area (TPSA) is 88.2 Å². The number of fused-ring (bicyclic) bond motifs is 1. The molecule has 0 saturated carbocycles. The third-order valence-corrected chi connectivity index (χ3v) is 5.21. The first-order valence-electron chi connectivity index (χ1n) is 9.51. The summed E-state index contributed by atoms with van der Waals surface area (Å²) in [4.78, 5) is 22.2. The van der Waals surface area contributed by atoms with E-state index in [-0.39, 0.29) is 28.3 Å². The Balaban J connectivity index is 2.04. The summed E-state index contributed by atoms with van der Waals surface area (Å²) in [5.41, 5.74) is 1.30. The monoisotopic (exact) mass is 421 g/mol. The van der Waals surface area contributed by atoms with Gasteiger partial charge in [-0.1, -0.05) is 31.5 Å². The molecule has 30 heavy (non-hydrogen) atoms. The lowest BCUT2D eigenvalue weighted by molar-refractivity contribution is 0.216. The lowest BCUT2D eigenvalue weighted by Crippen LogP contribution is -2.25. The van der Waals surface area contributed by atoms with E-state index < -0.39 is 6.10 Å². The van der Waals surface area contributed by atoms with Crippen molar-refractivity contribution in [3.63, 3.8) is 0 Å². The second-order valence-corrected chi connectivity index (χ2v) is 7.76. The zero-order valence-corrected chi connectivity index (χ0v) is 17.2. The highest BCUT2D eigenvalue weighted by molar-refractivity contribution is 6.30. The molecule has 7 heteroatoms. The summed E-state index contributed by atoms with van der Waals surface area (Å²) in [7, 11) is 0. The predicted molar refractivity (Wildman–Crippen MR) is 116 cm³/mol. The number of benzene rings is 2. The quantitative estimate of drug-likeness (QED) is 0.511. The number of hydrogen-bond acceptors (Lipinski definition) is 5. The highest BCUT2D eigenvalue weighted by Gasteiger charge is 2.23. The summed E-state index contributed by atoms with van der Waals surface area (Å²) in [6.07, 6.45) is 1.93. The van der Waals surface area contributed by atoms with Crippen molar-refractivity contribution in [2.24, 2.45) is 0 Å². The van der Waals surface area contributed by atoms with Crippen LogP contribution in [0, 0.1) is 0 Å². The van der Waals surface area contributed by atoms with E-state index in [1.54, 1.807) is 47.2 Å². The molecule has 2 aromatic carbocycles. The van der Waals surface area contributed by atoms with Crippen LogP contribution in [0.15, 0.2) is 65.7 Å². The SMILES string of the molecule is CC(C)c1nc2c(C(O)c3cccnc3)c(O)ccc2c(=O)n1-c1ccc(Cl)cc1. The first-order chi connectivity index (χ1) is 14.4. The fourth-order valence-corrected chi connectivity index (χ4v) is 3.61. The smallest absolute Gasteiger partial charge is 0.265 e. The first-order valence-corrected chi connectivity index (χ1v) is 9.88. The Bertz CT molecular complexity index is 1270. The molecule has 4 rings (SSSR count). The van der Waals surface area contributed by atoms with Crippen molar-refractivity contribution in [1.29, 1.82) is 0 Å². The van der Waals surface area contributed by atoms with Crippen LogP contribution in [0.3, 0.4) is 0 Å². The van der Waals surface area contributed by atoms with Crippen LogP contribution in [0.4, 0.5) is 0 Å². The van der Waals surface area contributed by atoms with Crippen LogP contribution < -0.4 is 5.56 Å². The zero-order chi connectivity index (χ0) is 21.4. The molecule has 0 aliphatic carbocycles. The third-order valence-electron chi connectivity index (χ3n) is 4.96. The number of phenolic OH excluding ortho intramolecular Hbond substituents is 1. The number of hydrogen-bond donors (Lipinski definition) is 2. The van der Waals surface area contributed by atoms with Crippen molar-refractivity contribution in [2.75, 3.05) is 0 Å². The van der Waals surface area contributed by atoms with E-state index >= 15 is 0 Å². The average molecular weight is 422 g/mol. The minimum Gasteiger partial charge on any atom is -0.507 e. The van der Waals surface area contributed by atoms with Gasteiger partial charge in [0.05, 0.1) is 22.2 Å². The molecule has 152 valence electrons. The first kappa shape index (κ1) is 20.1. The van der Waals surface area contributed by atoms with Crippen molar-refractivity contribution in [3.05, 3.63) is 93.3 Å². The van der Waals surface area contributed by atoms with Crippen LogP contribution in [0.1, 0.15) is 42.8 Å². The van der Waals surface area contributed by atoms with Gasteiger partial charge in [0.25, 0.3) is 5.56 Å². The van der Waals surface area contributed by atoms with Gasteiger partial charge in [-0.3, -0.25) is 14.3 Å². The summed E-state index contributed by atoms with van der Waals surface area (Å²) in [6.45, 7) is 3.86. The standard InChI is InChI=1S/C23H20ClN3O3/c1-13(2)22-26-20-17(23(30)27(22)16-7-5-15(24)6-8-16)9-10-18(28)19(20)21(29)14-4-3-11-25-12-14/h3-13,21,28-29H,1-2H3. The van der Waals surface area contributed by atoms with Crippen LogP contribution in [0.5, 0.6) is 5.75 Å². The van der Waals surface area contributed by atoms with Crippen molar-refractivity contribution in [1.82, 2.24) is 14.5 Å². The number of aromatic hydroxyl groups is 1. The molecule has 0 fully saturated rings. The average Bonchev–Trinajstić information content (AvgIpc) is 2.74. The molecular formula is C23H20ClN3O3. The molecule has 0 aliphatic rings. The lowest BCUT2D eigenvalue weighted by atomic mass is 9.98. The van der Waals surface area contributed by atoms with E-state index in [0.29, 0.717) is 27.5 Å². The molecule has 1 atom stereocenters. The molecule has 0 amide bonds. The van der Waals surface area contributed by atoms with Gasteiger partial charge in [0.1, 0.15) is 17.7 Å². The summed E-state index contributed by atoms with van der Waals surface area (Å²) >= 11 is 6.00. The van der Waals surface area contributed by atoms with Gasteiger partial charge < -0.3 is 10.2 Å². The van der Waals surface area contributed by atoms with Gasteiger partial charge in [-0.2, -0.15) is 0 Å². The third kappa shape index (κ3) is 3.44. The predicted octanol–water partition coefficient (Wildman–Crippen LogP) is 4.34. The normalized spacial score (nSPS) is 12.4. The molecule has 0 radical (unpaired) electrons. The van der Waals surface area contributed by atoms with Crippen molar-refractivity contribution >= 4 is 22.5 Å². The number of halogens is 1. The minimum absolute atomic E-state index is 0.0940. The second-order valence-electron chi connectivity index (χ2n) is 7.33. The largest absolute Gasteiger partial charge is 0.507 e. The number of rotatable bonds is 4. The number of pyridine rings is 1. The Hall–Kier alpha value is -3.22. The molecule has 4 aromatic rings. The van der Waals surface area contributed by atoms with Crippen molar-refractivity contribution < 1.29 is 10.2 Å². The van der Waals surface area contributed by atoms with Crippen LogP contribution in [0.25, 0.3) is 16.6 Å². The van der Waals surface area contributed by atoms with E-state index in [0.717, 1.165) is 0 Å².